The molecule has 0 amide bonds. The molecule has 7 heteroatoms. The number of aryl methyl sites for hydroxylation is 4. The van der Waals surface area contributed by atoms with E-state index in [0.717, 1.165) is 66.2 Å². The van der Waals surface area contributed by atoms with Gasteiger partial charge in [0.25, 0.3) is 0 Å². The van der Waals surface area contributed by atoms with Crippen molar-refractivity contribution in [3.05, 3.63) is 193 Å². The lowest BCUT2D eigenvalue weighted by Crippen LogP contribution is -2.54. The lowest BCUT2D eigenvalue weighted by Gasteiger charge is -2.45. The van der Waals surface area contributed by atoms with Crippen molar-refractivity contribution in [1.82, 2.24) is 0 Å². The minimum absolute atomic E-state index is 0.0557. The van der Waals surface area contributed by atoms with Gasteiger partial charge in [-0.15, -0.1) is 0 Å². The van der Waals surface area contributed by atoms with Crippen LogP contribution in [0.4, 0.5) is 0 Å². The van der Waals surface area contributed by atoms with Gasteiger partial charge >= 0.3 is 17.6 Å². The van der Waals surface area contributed by atoms with E-state index >= 15 is 0 Å². The van der Waals surface area contributed by atoms with E-state index in [-0.39, 0.29) is 17.8 Å². The fraction of sp³-hybridized carbons (Fsp3) is 0.373. The fourth-order valence-corrected chi connectivity index (χ4v) is 10.8. The third-order valence-electron chi connectivity index (χ3n) is 14.4. The first-order chi connectivity index (χ1) is 31.8. The Morgan fingerprint density at radius 1 is 0.682 bits per heavy atom. The molecule has 1 aromatic heterocycles. The van der Waals surface area contributed by atoms with Gasteiger partial charge in [0.05, 0.1) is 5.56 Å². The van der Waals surface area contributed by atoms with Crippen LogP contribution in [0.5, 0.6) is 5.75 Å². The van der Waals surface area contributed by atoms with Crippen LogP contribution in [0.2, 0.25) is 0 Å². The molecule has 340 valence electrons. The maximum Gasteiger partial charge on any atom is 0.340 e. The van der Waals surface area contributed by atoms with Crippen LogP contribution in [0, 0.1) is 5.92 Å². The molecule has 3 aliphatic heterocycles. The first-order valence-corrected chi connectivity index (χ1v) is 24.0. The molecular weight excluding hydrogens is 821 g/mol. The molecule has 0 fully saturated rings. The fourth-order valence-electron chi connectivity index (χ4n) is 10.8. The molecule has 0 radical (unpaired) electrons. The Hall–Kier alpha value is -6.21. The van der Waals surface area contributed by atoms with E-state index in [9.17, 15) is 14.4 Å². The molecule has 0 spiro atoms. The van der Waals surface area contributed by atoms with Crippen LogP contribution >= 0.6 is 0 Å². The Balaban J connectivity index is 1.11. The number of carbonyl (C=O) groups is 2. The van der Waals surface area contributed by atoms with Gasteiger partial charge in [0.15, 0.2) is 12.2 Å². The number of ether oxygens (including phenoxy) is 3. The monoisotopic (exact) mass is 882 g/mol. The van der Waals surface area contributed by atoms with Gasteiger partial charge < -0.3 is 18.6 Å². The largest absolute Gasteiger partial charge is 0.483 e. The molecule has 0 saturated heterocycles. The number of hydrogen-bond acceptors (Lipinski definition) is 7. The molecule has 2 bridgehead atoms. The van der Waals surface area contributed by atoms with Gasteiger partial charge in [-0.3, -0.25) is 4.79 Å². The van der Waals surface area contributed by atoms with Gasteiger partial charge in [-0.2, -0.15) is 0 Å². The van der Waals surface area contributed by atoms with Crippen molar-refractivity contribution in [2.24, 2.45) is 5.92 Å². The average molecular weight is 883 g/mol. The lowest BCUT2D eigenvalue weighted by molar-refractivity contribution is -0.192. The number of carbonyl (C=O) groups excluding carboxylic acids is 2. The highest BCUT2D eigenvalue weighted by atomic mass is 16.6. The van der Waals surface area contributed by atoms with Gasteiger partial charge in [0.1, 0.15) is 16.9 Å². The maximum atomic E-state index is 14.9. The Labute approximate surface area is 389 Å². The van der Waals surface area contributed by atoms with Gasteiger partial charge in [0.2, 0.25) is 0 Å². The van der Waals surface area contributed by atoms with E-state index in [1.54, 1.807) is 0 Å². The molecule has 4 heterocycles. The number of fused-ring (bicyclic) bond motifs is 15. The standard InChI is InChI=1S/C59H62O7/c1-38(2)46-28-27-40-21-23-43(24-22-40)36-45(26-25-42-18-12-19-44(35-42)34-41-16-10-7-11-17-41)37-50(60)63-54-51-49(30-29-48-47-31-33-58(3,4)52(47)57(62)64-53(48)51)66-59(5,55(54)65-56(46)61)32-13-20-39-14-8-6-9-15-39/h6-12,14-19,21-24,29-30,35,45,54-55H,13,20,25-28,31-34,36-37H2,1-5H3. The van der Waals surface area contributed by atoms with Crippen LogP contribution in [0.25, 0.3) is 11.0 Å². The first-order valence-electron chi connectivity index (χ1n) is 24.0. The van der Waals surface area contributed by atoms with Crippen molar-refractivity contribution in [2.75, 3.05) is 0 Å². The number of rotatable bonds is 9. The Kier molecular flexibility index (Phi) is 12.9. The van der Waals surface area contributed by atoms with Crippen molar-refractivity contribution in [1.29, 1.82) is 0 Å². The highest BCUT2D eigenvalue weighted by Gasteiger charge is 2.53. The SMILES string of the molecule is CC(C)=C1CCc2ccc(cc2)CC(CCc2cccc(Cc3ccccc3)c2)CC(=O)OC2c3c(ccc4c5c(c(=O)oc34)C(C)(C)CC5)OC(C)(CCCc3ccccc3)C2OC1=O. The predicted molar refractivity (Wildman–Crippen MR) is 260 cm³/mol. The van der Waals surface area contributed by atoms with Crippen LogP contribution in [0.1, 0.15) is 129 Å². The summed E-state index contributed by atoms with van der Waals surface area (Å²) >= 11 is 0. The van der Waals surface area contributed by atoms with Crippen LogP contribution in [-0.2, 0) is 63.0 Å². The normalized spacial score (nSPS) is 21.6. The van der Waals surface area contributed by atoms with Gasteiger partial charge in [-0.05, 0) is 154 Å². The van der Waals surface area contributed by atoms with Gasteiger partial charge in [-0.25, -0.2) is 9.59 Å². The summed E-state index contributed by atoms with van der Waals surface area (Å²) in [6, 6.07) is 42.0. The quantitative estimate of drug-likeness (QED) is 0.0811. The predicted octanol–water partition coefficient (Wildman–Crippen LogP) is 12.4. The average Bonchev–Trinajstić information content (AvgIpc) is 3.62. The Bertz CT molecular complexity index is 2810. The van der Waals surface area contributed by atoms with Gasteiger partial charge in [-0.1, -0.05) is 129 Å². The molecule has 10 rings (SSSR count). The first kappa shape index (κ1) is 45.0. The van der Waals surface area contributed by atoms with Crippen LogP contribution in [0.3, 0.4) is 0 Å². The molecule has 66 heavy (non-hydrogen) atoms. The molecule has 5 aromatic carbocycles. The molecule has 0 N–H and O–H groups in total. The molecule has 4 atom stereocenters. The maximum absolute atomic E-state index is 14.9. The molecular formula is C59H62O7. The van der Waals surface area contributed by atoms with Crippen LogP contribution in [0.15, 0.2) is 142 Å². The third-order valence-corrected chi connectivity index (χ3v) is 14.4. The van der Waals surface area contributed by atoms with Crippen molar-refractivity contribution in [2.45, 2.75) is 135 Å². The summed E-state index contributed by atoms with van der Waals surface area (Å²) in [6.45, 7) is 9.99. The van der Waals surface area contributed by atoms with E-state index in [2.05, 4.69) is 98.8 Å². The summed E-state index contributed by atoms with van der Waals surface area (Å²) in [7, 11) is 0. The summed E-state index contributed by atoms with van der Waals surface area (Å²) in [5, 5.41) is 0.791. The minimum Gasteiger partial charge on any atom is -0.483 e. The van der Waals surface area contributed by atoms with Crippen molar-refractivity contribution in [3.8, 4) is 5.75 Å². The minimum atomic E-state index is -1.12. The van der Waals surface area contributed by atoms with Crippen LogP contribution in [-0.4, -0.2) is 23.6 Å². The van der Waals surface area contributed by atoms with Crippen molar-refractivity contribution >= 4 is 22.9 Å². The second kappa shape index (κ2) is 18.9. The molecule has 6 aromatic rings. The highest BCUT2D eigenvalue weighted by Crippen LogP contribution is 2.50. The molecule has 7 nitrogen and oxygen atoms in total. The third kappa shape index (κ3) is 9.68. The van der Waals surface area contributed by atoms with Crippen molar-refractivity contribution < 1.29 is 28.2 Å². The Morgan fingerprint density at radius 3 is 2.12 bits per heavy atom. The summed E-state index contributed by atoms with van der Waals surface area (Å²) < 4.78 is 27.0. The van der Waals surface area contributed by atoms with E-state index in [1.165, 1.54) is 22.3 Å². The van der Waals surface area contributed by atoms with Crippen molar-refractivity contribution in [3.63, 3.8) is 0 Å². The Morgan fingerprint density at radius 2 is 1.38 bits per heavy atom. The zero-order valence-electron chi connectivity index (χ0n) is 39.1. The summed E-state index contributed by atoms with van der Waals surface area (Å²) in [6.07, 6.45) is 5.70. The summed E-state index contributed by atoms with van der Waals surface area (Å²) in [4.78, 5) is 43.7. The zero-order chi connectivity index (χ0) is 46.0. The number of benzene rings is 5. The molecule has 0 saturated carbocycles. The van der Waals surface area contributed by atoms with E-state index < -0.39 is 35.4 Å². The number of esters is 2. The zero-order valence-corrected chi connectivity index (χ0v) is 39.1. The van der Waals surface area contributed by atoms with E-state index in [1.807, 2.05) is 57.2 Å². The molecule has 4 aliphatic rings. The number of hydrogen-bond donors (Lipinski definition) is 0. The van der Waals surface area contributed by atoms with E-state index in [0.29, 0.717) is 60.1 Å². The highest BCUT2D eigenvalue weighted by molar-refractivity contribution is 5.90. The number of allylic oxidation sites excluding steroid dienone is 1. The van der Waals surface area contributed by atoms with E-state index in [4.69, 9.17) is 18.6 Å². The molecule has 4 unspecified atom stereocenters. The second-order valence-corrected chi connectivity index (χ2v) is 20.1. The molecule has 1 aliphatic carbocycles. The van der Waals surface area contributed by atoms with Gasteiger partial charge in [0, 0.05) is 22.9 Å². The second-order valence-electron chi connectivity index (χ2n) is 20.1. The topological polar surface area (TPSA) is 92.0 Å². The summed E-state index contributed by atoms with van der Waals surface area (Å²) in [5.74, 6) is -0.475. The van der Waals surface area contributed by atoms with Crippen LogP contribution < -0.4 is 10.4 Å². The summed E-state index contributed by atoms with van der Waals surface area (Å²) in [5.41, 5.74) is 9.16. The lowest BCUT2D eigenvalue weighted by atomic mass is 9.81. The smallest absolute Gasteiger partial charge is 0.340 e.